The number of pyridine rings is 1. The molecule has 118 valence electrons. The quantitative estimate of drug-likeness (QED) is 0.821. The lowest BCUT2D eigenvalue weighted by Gasteiger charge is -2.33. The Morgan fingerprint density at radius 1 is 1.27 bits per heavy atom. The number of aromatic nitrogens is 1. The fourth-order valence-electron chi connectivity index (χ4n) is 3.34. The van der Waals surface area contributed by atoms with E-state index < -0.39 is 0 Å². The summed E-state index contributed by atoms with van der Waals surface area (Å²) in [7, 11) is 2.23. The van der Waals surface area contributed by atoms with Crippen LogP contribution in [0, 0.1) is 5.92 Å². The van der Waals surface area contributed by atoms with E-state index in [0.29, 0.717) is 0 Å². The third-order valence-electron chi connectivity index (χ3n) is 4.35. The second kappa shape index (κ2) is 7.56. The van der Waals surface area contributed by atoms with Gasteiger partial charge in [0.2, 0.25) is 0 Å². The maximum absolute atomic E-state index is 5.55. The Bertz CT molecular complexity index is 541. The number of hydrogen-bond donors (Lipinski definition) is 0. The first kappa shape index (κ1) is 15.3. The van der Waals surface area contributed by atoms with Crippen molar-refractivity contribution in [2.45, 2.75) is 25.9 Å². The molecule has 0 bridgehead atoms. The third-order valence-corrected chi connectivity index (χ3v) is 4.35. The van der Waals surface area contributed by atoms with Gasteiger partial charge in [0.05, 0.1) is 12.8 Å². The van der Waals surface area contributed by atoms with Gasteiger partial charge in [0.25, 0.3) is 0 Å². The minimum absolute atomic E-state index is 0.746. The number of hydrogen-bond acceptors (Lipinski definition) is 4. The topological polar surface area (TPSA) is 32.5 Å². The highest BCUT2D eigenvalue weighted by atomic mass is 16.3. The van der Waals surface area contributed by atoms with E-state index in [2.05, 4.69) is 40.0 Å². The number of piperidine rings is 1. The van der Waals surface area contributed by atoms with Gasteiger partial charge < -0.3 is 9.32 Å². The Morgan fingerprint density at radius 3 is 2.86 bits per heavy atom. The predicted molar refractivity (Wildman–Crippen MR) is 87.3 cm³/mol. The molecule has 4 nitrogen and oxygen atoms in total. The van der Waals surface area contributed by atoms with Gasteiger partial charge in [0.1, 0.15) is 5.76 Å². The van der Waals surface area contributed by atoms with E-state index in [-0.39, 0.29) is 0 Å². The molecule has 0 aliphatic carbocycles. The lowest BCUT2D eigenvalue weighted by atomic mass is 9.97. The van der Waals surface area contributed by atoms with Crippen LogP contribution in [-0.4, -0.2) is 41.5 Å². The summed E-state index contributed by atoms with van der Waals surface area (Å²) in [6.07, 6.45) is 8.14. The zero-order valence-electron chi connectivity index (χ0n) is 13.3. The van der Waals surface area contributed by atoms with Crippen molar-refractivity contribution < 1.29 is 4.42 Å². The van der Waals surface area contributed by atoms with E-state index >= 15 is 0 Å². The number of rotatable bonds is 6. The van der Waals surface area contributed by atoms with Crippen molar-refractivity contribution in [3.05, 3.63) is 54.2 Å². The van der Waals surface area contributed by atoms with E-state index in [0.717, 1.165) is 31.3 Å². The highest BCUT2D eigenvalue weighted by Gasteiger charge is 2.20. The molecule has 4 heteroatoms. The van der Waals surface area contributed by atoms with Crippen LogP contribution in [0.15, 0.2) is 47.3 Å². The van der Waals surface area contributed by atoms with Gasteiger partial charge in [-0.15, -0.1) is 0 Å². The van der Waals surface area contributed by atoms with Crippen LogP contribution in [0.5, 0.6) is 0 Å². The van der Waals surface area contributed by atoms with Gasteiger partial charge in [0.15, 0.2) is 0 Å². The summed E-state index contributed by atoms with van der Waals surface area (Å²) in [6.45, 7) is 5.37. The molecule has 1 aliphatic rings. The van der Waals surface area contributed by atoms with Crippen LogP contribution in [0.1, 0.15) is 24.2 Å². The van der Waals surface area contributed by atoms with Crippen LogP contribution in [0.4, 0.5) is 0 Å². The summed E-state index contributed by atoms with van der Waals surface area (Å²) < 4.78 is 5.55. The minimum atomic E-state index is 0.746. The Hall–Kier alpha value is -1.65. The molecule has 1 fully saturated rings. The first-order valence-electron chi connectivity index (χ1n) is 8.12. The lowest BCUT2D eigenvalue weighted by molar-refractivity contribution is 0.137. The average molecular weight is 299 g/mol. The Kier molecular flexibility index (Phi) is 5.24. The summed E-state index contributed by atoms with van der Waals surface area (Å²) in [5.74, 6) is 1.79. The fraction of sp³-hybridized carbons (Fsp3) is 0.500. The second-order valence-corrected chi connectivity index (χ2v) is 6.37. The predicted octanol–water partition coefficient (Wildman–Crippen LogP) is 3.02. The van der Waals surface area contributed by atoms with Crippen LogP contribution in [0.2, 0.25) is 0 Å². The molecule has 2 aromatic rings. The van der Waals surface area contributed by atoms with Gasteiger partial charge in [0, 0.05) is 32.0 Å². The summed E-state index contributed by atoms with van der Waals surface area (Å²) in [6, 6.07) is 8.23. The SMILES string of the molecule is CN1CCCC(CN(Cc2ccncc2)Cc2ccco2)C1. The zero-order valence-corrected chi connectivity index (χ0v) is 13.3. The molecule has 3 heterocycles. The van der Waals surface area contributed by atoms with E-state index in [1.165, 1.54) is 31.5 Å². The normalized spacial score (nSPS) is 19.6. The molecule has 1 unspecified atom stereocenters. The molecule has 1 aliphatic heterocycles. The van der Waals surface area contributed by atoms with E-state index in [4.69, 9.17) is 4.42 Å². The minimum Gasteiger partial charge on any atom is -0.468 e. The highest BCUT2D eigenvalue weighted by molar-refractivity contribution is 5.10. The number of nitrogens with zero attached hydrogens (tertiary/aromatic N) is 3. The molecule has 1 atom stereocenters. The van der Waals surface area contributed by atoms with Crippen molar-refractivity contribution in [1.82, 2.24) is 14.8 Å². The molecular weight excluding hydrogens is 274 g/mol. The van der Waals surface area contributed by atoms with E-state index in [9.17, 15) is 0 Å². The Morgan fingerprint density at radius 2 is 2.14 bits per heavy atom. The molecule has 0 amide bonds. The third kappa shape index (κ3) is 4.42. The largest absolute Gasteiger partial charge is 0.468 e. The molecule has 0 spiro atoms. The van der Waals surface area contributed by atoms with Gasteiger partial charge >= 0.3 is 0 Å². The van der Waals surface area contributed by atoms with Crippen molar-refractivity contribution >= 4 is 0 Å². The van der Waals surface area contributed by atoms with E-state index in [1.807, 2.05) is 18.5 Å². The summed E-state index contributed by atoms with van der Waals surface area (Å²) in [5, 5.41) is 0. The standard InChI is InChI=1S/C18H25N3O/c1-20-10-2-4-17(12-20)14-21(15-18-5-3-11-22-18)13-16-6-8-19-9-7-16/h3,5-9,11,17H,2,4,10,12-15H2,1H3. The highest BCUT2D eigenvalue weighted by Crippen LogP contribution is 2.19. The molecular formula is C18H25N3O. The van der Waals surface area contributed by atoms with Crippen molar-refractivity contribution in [1.29, 1.82) is 0 Å². The number of furan rings is 1. The van der Waals surface area contributed by atoms with E-state index in [1.54, 1.807) is 6.26 Å². The summed E-state index contributed by atoms with van der Waals surface area (Å²) in [5.41, 5.74) is 1.31. The van der Waals surface area contributed by atoms with Gasteiger partial charge in [-0.2, -0.15) is 0 Å². The second-order valence-electron chi connectivity index (χ2n) is 6.37. The van der Waals surface area contributed by atoms with Crippen molar-refractivity contribution in [2.24, 2.45) is 5.92 Å². The van der Waals surface area contributed by atoms with Crippen molar-refractivity contribution in [3.8, 4) is 0 Å². The molecule has 0 radical (unpaired) electrons. The number of likely N-dealkylation sites (tertiary alicyclic amines) is 1. The Balaban J connectivity index is 1.65. The molecule has 1 saturated heterocycles. The van der Waals surface area contributed by atoms with Gasteiger partial charge in [-0.3, -0.25) is 9.88 Å². The fourth-order valence-corrected chi connectivity index (χ4v) is 3.34. The smallest absolute Gasteiger partial charge is 0.117 e. The van der Waals surface area contributed by atoms with Crippen LogP contribution < -0.4 is 0 Å². The molecule has 0 saturated carbocycles. The molecule has 0 N–H and O–H groups in total. The summed E-state index contributed by atoms with van der Waals surface area (Å²) >= 11 is 0. The monoisotopic (exact) mass is 299 g/mol. The first-order valence-corrected chi connectivity index (χ1v) is 8.12. The van der Waals surface area contributed by atoms with Crippen LogP contribution >= 0.6 is 0 Å². The Labute approximate surface area is 132 Å². The maximum Gasteiger partial charge on any atom is 0.117 e. The molecule has 3 rings (SSSR count). The zero-order chi connectivity index (χ0) is 15.2. The van der Waals surface area contributed by atoms with Crippen LogP contribution in [0.3, 0.4) is 0 Å². The van der Waals surface area contributed by atoms with Crippen molar-refractivity contribution in [3.63, 3.8) is 0 Å². The van der Waals surface area contributed by atoms with Gasteiger partial charge in [-0.05, 0) is 62.2 Å². The maximum atomic E-state index is 5.55. The van der Waals surface area contributed by atoms with Gasteiger partial charge in [-0.25, -0.2) is 0 Å². The molecule has 22 heavy (non-hydrogen) atoms. The van der Waals surface area contributed by atoms with Crippen LogP contribution in [0.25, 0.3) is 0 Å². The summed E-state index contributed by atoms with van der Waals surface area (Å²) in [4.78, 5) is 9.06. The molecule has 0 aromatic carbocycles. The van der Waals surface area contributed by atoms with Crippen molar-refractivity contribution in [2.75, 3.05) is 26.7 Å². The van der Waals surface area contributed by atoms with Crippen LogP contribution in [-0.2, 0) is 13.1 Å². The van der Waals surface area contributed by atoms with Gasteiger partial charge in [-0.1, -0.05) is 0 Å². The average Bonchev–Trinajstić information content (AvgIpc) is 3.01. The lowest BCUT2D eigenvalue weighted by Crippen LogP contribution is -2.38. The molecule has 2 aromatic heterocycles. The first-order chi connectivity index (χ1) is 10.8.